The van der Waals surface area contributed by atoms with Gasteiger partial charge in [-0.3, -0.25) is 10.7 Å². The van der Waals surface area contributed by atoms with Gasteiger partial charge in [0.1, 0.15) is 5.82 Å². The molecule has 2 amide bonds. The van der Waals surface area contributed by atoms with Crippen LogP contribution in [0.3, 0.4) is 0 Å². The number of nitrogens with two attached hydrogens (primary N) is 1. The van der Waals surface area contributed by atoms with Gasteiger partial charge in [0.25, 0.3) is 0 Å². The summed E-state index contributed by atoms with van der Waals surface area (Å²) >= 11 is 0. The Balaban J connectivity index is 2.23. The van der Waals surface area contributed by atoms with Gasteiger partial charge in [0.15, 0.2) is 0 Å². The zero-order chi connectivity index (χ0) is 21.6. The fraction of sp³-hybridized carbons (Fsp3) is 0.350. The molecule has 0 aliphatic rings. The van der Waals surface area contributed by atoms with E-state index in [1.165, 1.54) is 6.07 Å². The Morgan fingerprint density at radius 3 is 2.55 bits per heavy atom. The minimum atomic E-state index is -1.22. The number of aliphatic hydroxyl groups excluding tert-OH is 1. The molecule has 7 N–H and O–H groups in total. The van der Waals surface area contributed by atoms with Crippen LogP contribution in [-0.4, -0.2) is 39.3 Å². The molecule has 2 aromatic rings. The summed E-state index contributed by atoms with van der Waals surface area (Å²) in [4.78, 5) is 16.7. The average Bonchev–Trinajstić information content (AvgIpc) is 2.65. The monoisotopic (exact) mass is 401 g/mol. The normalized spacial score (nSPS) is 12.2. The smallest absolute Gasteiger partial charge is 0.320 e. The van der Waals surface area contributed by atoms with E-state index in [4.69, 9.17) is 15.9 Å². The van der Waals surface area contributed by atoms with Crippen molar-refractivity contribution in [1.29, 1.82) is 5.41 Å². The van der Waals surface area contributed by atoms with E-state index in [0.29, 0.717) is 0 Å². The number of pyridine rings is 1. The molecule has 1 aromatic heterocycles. The highest BCUT2D eigenvalue weighted by Gasteiger charge is 2.30. The van der Waals surface area contributed by atoms with E-state index in [2.05, 4.69) is 15.6 Å². The lowest BCUT2D eigenvalue weighted by atomic mass is 9.92. The highest BCUT2D eigenvalue weighted by Crippen LogP contribution is 2.26. The molecule has 9 nitrogen and oxygen atoms in total. The lowest BCUT2D eigenvalue weighted by Gasteiger charge is -2.30. The summed E-state index contributed by atoms with van der Waals surface area (Å²) in [6.07, 6.45) is 0. The number of urea groups is 1. The number of ether oxygens (including phenoxy) is 1. The lowest BCUT2D eigenvalue weighted by molar-refractivity contribution is 0.0415. The van der Waals surface area contributed by atoms with Crippen molar-refractivity contribution < 1.29 is 19.7 Å². The van der Waals surface area contributed by atoms with Gasteiger partial charge in [-0.25, -0.2) is 9.78 Å². The van der Waals surface area contributed by atoms with Crippen LogP contribution in [0.2, 0.25) is 0 Å². The quantitative estimate of drug-likeness (QED) is 0.309. The second-order valence-corrected chi connectivity index (χ2v) is 6.93. The number of nitrogens with one attached hydrogen (secondary N) is 3. The Morgan fingerprint density at radius 2 is 2.00 bits per heavy atom. The number of rotatable bonds is 7. The topological polar surface area (TPSA) is 154 Å². The molecule has 0 saturated heterocycles. The van der Waals surface area contributed by atoms with E-state index in [1.54, 1.807) is 32.9 Å². The third kappa shape index (κ3) is 5.66. The molecule has 2 rings (SSSR count). The molecule has 0 fully saturated rings. The summed E-state index contributed by atoms with van der Waals surface area (Å²) in [6, 6.07) is 9.17. The van der Waals surface area contributed by atoms with Crippen LogP contribution < -0.4 is 16.4 Å². The fourth-order valence-corrected chi connectivity index (χ4v) is 2.87. The number of hydrogen-bond acceptors (Lipinski definition) is 7. The van der Waals surface area contributed by atoms with Crippen LogP contribution in [0.1, 0.15) is 43.6 Å². The summed E-state index contributed by atoms with van der Waals surface area (Å²) in [5, 5.41) is 33.2. The van der Waals surface area contributed by atoms with Crippen molar-refractivity contribution >= 4 is 23.4 Å². The van der Waals surface area contributed by atoms with Crippen LogP contribution in [0, 0.1) is 5.41 Å². The number of hydrogen-bond donors (Lipinski definition) is 6. The number of nitrogen functional groups attached to an aromatic ring is 1. The molecule has 0 unspecified atom stereocenters. The van der Waals surface area contributed by atoms with Gasteiger partial charge in [0, 0.05) is 11.8 Å². The number of aliphatic hydroxyl groups is 2. The van der Waals surface area contributed by atoms with Crippen LogP contribution >= 0.6 is 0 Å². The number of carbonyl (C=O) groups is 1. The minimum Gasteiger partial charge on any atom is -0.478 e. The predicted octanol–water partition coefficient (Wildman–Crippen LogP) is 2.15. The van der Waals surface area contributed by atoms with Crippen molar-refractivity contribution in [3.63, 3.8) is 0 Å². The number of aromatic nitrogens is 1. The van der Waals surface area contributed by atoms with Crippen molar-refractivity contribution in [2.45, 2.75) is 39.0 Å². The van der Waals surface area contributed by atoms with Gasteiger partial charge >= 0.3 is 6.03 Å². The zero-order valence-electron chi connectivity index (χ0n) is 16.7. The Morgan fingerprint density at radius 1 is 1.34 bits per heavy atom. The van der Waals surface area contributed by atoms with Crippen LogP contribution in [0.4, 0.5) is 16.3 Å². The second-order valence-electron chi connectivity index (χ2n) is 6.93. The molecular weight excluding hydrogens is 374 g/mol. The highest BCUT2D eigenvalue weighted by atomic mass is 16.5. The number of carbonyl (C=O) groups excluding carboxylic acids is 1. The number of anilines is 2. The van der Waals surface area contributed by atoms with Crippen molar-refractivity contribution in [3.05, 3.63) is 53.2 Å². The van der Waals surface area contributed by atoms with Crippen molar-refractivity contribution in [2.24, 2.45) is 0 Å². The summed E-state index contributed by atoms with van der Waals surface area (Å²) in [7, 11) is 0. The molecular formula is C20H27N5O4. The first-order chi connectivity index (χ1) is 13.7. The molecule has 0 saturated carbocycles. The third-order valence-electron chi connectivity index (χ3n) is 4.15. The van der Waals surface area contributed by atoms with Gasteiger partial charge in [-0.05, 0) is 26.3 Å². The SMILES string of the molecule is CCOC(=N)c1c(N)cc(NC(=O)N[C@@H](c2ccccc2)C(C)(C)O)nc1CO. The van der Waals surface area contributed by atoms with Gasteiger partial charge in [-0.1, -0.05) is 30.3 Å². The Kier molecular flexibility index (Phi) is 7.13. The summed E-state index contributed by atoms with van der Waals surface area (Å²) < 4.78 is 5.14. The third-order valence-corrected chi connectivity index (χ3v) is 4.15. The van der Waals surface area contributed by atoms with E-state index in [9.17, 15) is 15.0 Å². The Labute approximate surface area is 169 Å². The number of nitrogens with zero attached hydrogens (tertiary/aromatic N) is 1. The molecule has 0 aliphatic carbocycles. The van der Waals surface area contributed by atoms with E-state index in [0.717, 1.165) is 5.56 Å². The summed E-state index contributed by atoms with van der Waals surface area (Å²) in [5.41, 5.74) is 5.92. The van der Waals surface area contributed by atoms with Crippen LogP contribution in [0.25, 0.3) is 0 Å². The minimum absolute atomic E-state index is 0.0969. The first kappa shape index (κ1) is 22.1. The van der Waals surface area contributed by atoms with Crippen LogP contribution in [0.5, 0.6) is 0 Å². The van der Waals surface area contributed by atoms with Gasteiger partial charge in [-0.2, -0.15) is 0 Å². The van der Waals surface area contributed by atoms with Crippen molar-refractivity contribution in [2.75, 3.05) is 17.7 Å². The molecule has 1 atom stereocenters. The number of amides is 2. The first-order valence-electron chi connectivity index (χ1n) is 9.14. The summed E-state index contributed by atoms with van der Waals surface area (Å²) in [5.74, 6) is -0.108. The van der Waals surface area contributed by atoms with E-state index in [-0.39, 0.29) is 35.3 Å². The fourth-order valence-electron chi connectivity index (χ4n) is 2.87. The zero-order valence-corrected chi connectivity index (χ0v) is 16.7. The van der Waals surface area contributed by atoms with Crippen molar-refractivity contribution in [1.82, 2.24) is 10.3 Å². The molecule has 1 aromatic carbocycles. The molecule has 156 valence electrons. The molecule has 1 heterocycles. The molecule has 29 heavy (non-hydrogen) atoms. The van der Waals surface area contributed by atoms with Crippen molar-refractivity contribution in [3.8, 4) is 0 Å². The molecule has 0 aliphatic heterocycles. The maximum atomic E-state index is 12.5. The lowest BCUT2D eigenvalue weighted by Crippen LogP contribution is -2.44. The maximum Gasteiger partial charge on any atom is 0.320 e. The molecule has 0 bridgehead atoms. The maximum absolute atomic E-state index is 12.5. The number of benzene rings is 1. The molecule has 9 heteroatoms. The van der Waals surface area contributed by atoms with Gasteiger partial charge in [-0.15, -0.1) is 0 Å². The standard InChI is InChI=1S/C20H27N5O4/c1-4-29-18(22)16-13(21)10-15(23-14(16)11-26)24-19(27)25-17(20(2,3)28)12-8-6-5-7-9-12/h5-10,17,22,26,28H,4,11H2,1-3H3,(H4,21,23,24,25,27)/t17-/m0/s1. The predicted molar refractivity (Wildman–Crippen MR) is 111 cm³/mol. The first-order valence-corrected chi connectivity index (χ1v) is 9.14. The van der Waals surface area contributed by atoms with Gasteiger partial charge in [0.2, 0.25) is 5.90 Å². The Bertz CT molecular complexity index is 865. The van der Waals surface area contributed by atoms with E-state index >= 15 is 0 Å². The van der Waals surface area contributed by atoms with Crippen LogP contribution in [-0.2, 0) is 11.3 Å². The Hall–Kier alpha value is -3.17. The summed E-state index contributed by atoms with van der Waals surface area (Å²) in [6.45, 7) is 4.70. The van der Waals surface area contributed by atoms with Crippen LogP contribution in [0.15, 0.2) is 36.4 Å². The van der Waals surface area contributed by atoms with E-state index in [1.807, 2.05) is 18.2 Å². The second kappa shape index (κ2) is 9.35. The average molecular weight is 401 g/mol. The van der Waals surface area contributed by atoms with Gasteiger partial charge < -0.3 is 26.0 Å². The molecule has 0 spiro atoms. The highest BCUT2D eigenvalue weighted by molar-refractivity contribution is 5.99. The van der Waals surface area contributed by atoms with E-state index < -0.39 is 24.3 Å². The molecule has 0 radical (unpaired) electrons. The largest absolute Gasteiger partial charge is 0.478 e. The van der Waals surface area contributed by atoms with Gasteiger partial charge in [0.05, 0.1) is 36.1 Å².